The number of rotatable bonds is 6. The van der Waals surface area contributed by atoms with Crippen molar-refractivity contribution >= 4 is 17.3 Å². The van der Waals surface area contributed by atoms with Gasteiger partial charge in [0.2, 0.25) is 0 Å². The quantitative estimate of drug-likeness (QED) is 0.443. The molecule has 6 heteroatoms. The standard InChI is InChI=1S/C11H11ClN2O3/c12-10-5-4-9(14(15)16)8-11(10)17-7-3-1-2-6-13/h4-5,8H,1-3,7H2. The van der Waals surface area contributed by atoms with E-state index in [1.54, 1.807) is 0 Å². The summed E-state index contributed by atoms with van der Waals surface area (Å²) in [5.74, 6) is 0.304. The van der Waals surface area contributed by atoms with E-state index < -0.39 is 4.92 Å². The maximum absolute atomic E-state index is 10.6. The fourth-order valence-electron chi connectivity index (χ4n) is 1.20. The average molecular weight is 255 g/mol. The van der Waals surface area contributed by atoms with Crippen molar-refractivity contribution in [1.82, 2.24) is 0 Å². The normalized spacial score (nSPS) is 9.65. The Kier molecular flexibility index (Phi) is 5.24. The van der Waals surface area contributed by atoms with Gasteiger partial charge in [-0.15, -0.1) is 0 Å². The van der Waals surface area contributed by atoms with Gasteiger partial charge in [0.25, 0.3) is 5.69 Å². The number of unbranched alkanes of at least 4 members (excludes halogenated alkanes) is 2. The highest BCUT2D eigenvalue weighted by Gasteiger charge is 2.10. The van der Waals surface area contributed by atoms with E-state index in [9.17, 15) is 10.1 Å². The van der Waals surface area contributed by atoms with Gasteiger partial charge in [-0.25, -0.2) is 0 Å². The summed E-state index contributed by atoms with van der Waals surface area (Å²) in [5.41, 5.74) is -0.0542. The highest BCUT2D eigenvalue weighted by atomic mass is 35.5. The molecule has 90 valence electrons. The largest absolute Gasteiger partial charge is 0.492 e. The van der Waals surface area contributed by atoms with Crippen LogP contribution in [0.3, 0.4) is 0 Å². The summed E-state index contributed by atoms with van der Waals surface area (Å²) in [6.45, 7) is 0.391. The lowest BCUT2D eigenvalue weighted by molar-refractivity contribution is -0.384. The summed E-state index contributed by atoms with van der Waals surface area (Å²) in [7, 11) is 0. The lowest BCUT2D eigenvalue weighted by Crippen LogP contribution is -1.98. The number of non-ortho nitro benzene ring substituents is 1. The van der Waals surface area contributed by atoms with Gasteiger partial charge in [0.1, 0.15) is 5.75 Å². The van der Waals surface area contributed by atoms with Crippen LogP contribution in [0.2, 0.25) is 5.02 Å². The van der Waals surface area contributed by atoms with Gasteiger partial charge in [0.15, 0.2) is 0 Å². The summed E-state index contributed by atoms with van der Waals surface area (Å²) in [5, 5.41) is 19.2. The van der Waals surface area contributed by atoms with Crippen molar-refractivity contribution in [2.75, 3.05) is 6.61 Å². The zero-order valence-corrected chi connectivity index (χ0v) is 9.81. The molecule has 1 rings (SSSR count). The van der Waals surface area contributed by atoms with Gasteiger partial charge in [-0.3, -0.25) is 10.1 Å². The van der Waals surface area contributed by atoms with Gasteiger partial charge < -0.3 is 4.74 Å². The lowest BCUT2D eigenvalue weighted by Gasteiger charge is -2.06. The second-order valence-electron chi connectivity index (χ2n) is 3.34. The van der Waals surface area contributed by atoms with E-state index in [0.29, 0.717) is 30.2 Å². The molecule has 0 saturated heterocycles. The molecule has 0 bridgehead atoms. The molecule has 0 aliphatic heterocycles. The molecule has 0 heterocycles. The number of hydrogen-bond donors (Lipinski definition) is 0. The van der Waals surface area contributed by atoms with E-state index in [-0.39, 0.29) is 5.69 Å². The zero-order valence-electron chi connectivity index (χ0n) is 9.06. The van der Waals surface area contributed by atoms with Crippen LogP contribution in [0.5, 0.6) is 5.75 Å². The Morgan fingerprint density at radius 2 is 2.24 bits per heavy atom. The van der Waals surface area contributed by atoms with Crippen molar-refractivity contribution < 1.29 is 9.66 Å². The molecule has 0 aromatic heterocycles. The summed E-state index contributed by atoms with van der Waals surface area (Å²) in [4.78, 5) is 10.0. The number of halogens is 1. The van der Waals surface area contributed by atoms with Crippen LogP contribution >= 0.6 is 11.6 Å². The molecule has 0 N–H and O–H groups in total. The number of hydrogen-bond acceptors (Lipinski definition) is 4. The minimum absolute atomic E-state index is 0.0542. The van der Waals surface area contributed by atoms with Crippen molar-refractivity contribution in [2.45, 2.75) is 19.3 Å². The van der Waals surface area contributed by atoms with Gasteiger partial charge in [0.05, 0.1) is 28.7 Å². The number of nitro groups is 1. The maximum Gasteiger partial charge on any atom is 0.273 e. The van der Waals surface area contributed by atoms with Crippen molar-refractivity contribution in [2.24, 2.45) is 0 Å². The Hall–Kier alpha value is -1.80. The molecule has 1 aromatic carbocycles. The van der Waals surface area contributed by atoms with Crippen LogP contribution in [-0.2, 0) is 0 Å². The maximum atomic E-state index is 10.6. The molecule has 0 amide bonds. The first kappa shape index (κ1) is 13.3. The predicted molar refractivity (Wildman–Crippen MR) is 63.1 cm³/mol. The lowest BCUT2D eigenvalue weighted by atomic mass is 10.2. The van der Waals surface area contributed by atoms with Crippen LogP contribution in [0, 0.1) is 21.4 Å². The van der Waals surface area contributed by atoms with Crippen molar-refractivity contribution in [3.05, 3.63) is 33.3 Å². The van der Waals surface area contributed by atoms with Crippen LogP contribution in [0.1, 0.15) is 19.3 Å². The Bertz CT molecular complexity index is 443. The fourth-order valence-corrected chi connectivity index (χ4v) is 1.38. The summed E-state index contributed by atoms with van der Waals surface area (Å²) >= 11 is 5.84. The molecule has 0 unspecified atom stereocenters. The monoisotopic (exact) mass is 254 g/mol. The van der Waals surface area contributed by atoms with Crippen LogP contribution < -0.4 is 4.74 Å². The summed E-state index contributed by atoms with van der Waals surface area (Å²) in [6.07, 6.45) is 1.93. The Morgan fingerprint density at radius 3 is 2.88 bits per heavy atom. The zero-order chi connectivity index (χ0) is 12.7. The minimum Gasteiger partial charge on any atom is -0.492 e. The molecule has 0 aliphatic rings. The first-order valence-electron chi connectivity index (χ1n) is 5.09. The molecule has 0 radical (unpaired) electrons. The van der Waals surface area contributed by atoms with E-state index >= 15 is 0 Å². The van der Waals surface area contributed by atoms with Crippen LogP contribution in [-0.4, -0.2) is 11.5 Å². The Labute approximate surface area is 104 Å². The number of ether oxygens (including phenoxy) is 1. The second kappa shape index (κ2) is 6.71. The van der Waals surface area contributed by atoms with Crippen LogP contribution in [0.15, 0.2) is 18.2 Å². The van der Waals surface area contributed by atoms with Gasteiger partial charge in [-0.2, -0.15) is 5.26 Å². The van der Waals surface area contributed by atoms with E-state index in [1.165, 1.54) is 18.2 Å². The Balaban J connectivity index is 2.55. The molecular weight excluding hydrogens is 244 g/mol. The third-order valence-corrected chi connectivity index (χ3v) is 2.38. The number of nitro benzene ring substituents is 1. The number of nitrogens with zero attached hydrogens (tertiary/aromatic N) is 2. The van der Waals surface area contributed by atoms with Gasteiger partial charge in [-0.1, -0.05) is 11.6 Å². The molecule has 1 aromatic rings. The van der Waals surface area contributed by atoms with Crippen LogP contribution in [0.4, 0.5) is 5.69 Å². The molecule has 0 atom stereocenters. The molecular formula is C11H11ClN2O3. The van der Waals surface area contributed by atoms with Crippen molar-refractivity contribution in [3.63, 3.8) is 0 Å². The molecule has 17 heavy (non-hydrogen) atoms. The van der Waals surface area contributed by atoms with Crippen molar-refractivity contribution in [3.8, 4) is 11.8 Å². The third-order valence-electron chi connectivity index (χ3n) is 2.07. The summed E-state index contributed by atoms with van der Waals surface area (Å²) < 4.78 is 5.33. The SMILES string of the molecule is N#CCCCCOc1cc([N+](=O)[O-])ccc1Cl. The Morgan fingerprint density at radius 1 is 1.47 bits per heavy atom. The molecule has 0 fully saturated rings. The van der Waals surface area contributed by atoms with E-state index in [2.05, 4.69) is 0 Å². The molecule has 5 nitrogen and oxygen atoms in total. The number of nitriles is 1. The topological polar surface area (TPSA) is 76.2 Å². The first-order chi connectivity index (χ1) is 8.15. The average Bonchev–Trinajstić information content (AvgIpc) is 2.30. The van der Waals surface area contributed by atoms with Gasteiger partial charge >= 0.3 is 0 Å². The molecule has 0 spiro atoms. The third kappa shape index (κ3) is 4.29. The molecule has 0 saturated carbocycles. The van der Waals surface area contributed by atoms with E-state index in [4.69, 9.17) is 21.6 Å². The fraction of sp³-hybridized carbons (Fsp3) is 0.364. The van der Waals surface area contributed by atoms with Gasteiger partial charge in [0, 0.05) is 12.5 Å². The van der Waals surface area contributed by atoms with Crippen molar-refractivity contribution in [1.29, 1.82) is 5.26 Å². The van der Waals surface area contributed by atoms with Gasteiger partial charge in [-0.05, 0) is 18.9 Å². The highest BCUT2D eigenvalue weighted by Crippen LogP contribution is 2.28. The highest BCUT2D eigenvalue weighted by molar-refractivity contribution is 6.32. The smallest absolute Gasteiger partial charge is 0.273 e. The summed E-state index contributed by atoms with van der Waals surface area (Å²) in [6, 6.07) is 6.09. The van der Waals surface area contributed by atoms with E-state index in [0.717, 1.165) is 6.42 Å². The predicted octanol–water partition coefficient (Wildman–Crippen LogP) is 3.32. The number of benzene rings is 1. The molecule has 0 aliphatic carbocycles. The van der Waals surface area contributed by atoms with E-state index in [1.807, 2.05) is 6.07 Å². The first-order valence-corrected chi connectivity index (χ1v) is 5.46. The van der Waals surface area contributed by atoms with Crippen LogP contribution in [0.25, 0.3) is 0 Å². The second-order valence-corrected chi connectivity index (χ2v) is 3.74. The minimum atomic E-state index is -0.501.